The van der Waals surface area contributed by atoms with Crippen LogP contribution in [0.25, 0.3) is 0 Å². The number of hydrogen-bond acceptors (Lipinski definition) is 4. The number of methoxy groups -OCH3 is 1. The van der Waals surface area contributed by atoms with E-state index in [0.29, 0.717) is 24.3 Å². The molecule has 0 spiro atoms. The van der Waals surface area contributed by atoms with Crippen molar-refractivity contribution in [3.8, 4) is 17.2 Å². The van der Waals surface area contributed by atoms with Crippen LogP contribution in [-0.4, -0.2) is 36.9 Å². The average molecular weight is 426 g/mol. The van der Waals surface area contributed by atoms with Gasteiger partial charge in [-0.05, 0) is 30.7 Å². The molecule has 1 aliphatic rings. The fourth-order valence-corrected chi connectivity index (χ4v) is 3.10. The maximum absolute atomic E-state index is 13.8. The summed E-state index contributed by atoms with van der Waals surface area (Å²) in [5.41, 5.74) is -1.16. The van der Waals surface area contributed by atoms with E-state index in [1.807, 2.05) is 0 Å². The Morgan fingerprint density at radius 2 is 1.83 bits per heavy atom. The summed E-state index contributed by atoms with van der Waals surface area (Å²) in [7, 11) is 2.93. The zero-order chi connectivity index (χ0) is 22.1. The molecule has 1 unspecified atom stereocenters. The lowest BCUT2D eigenvalue weighted by molar-refractivity contribution is -0.140. The molecule has 6 nitrogen and oxygen atoms in total. The average Bonchev–Trinajstić information content (AvgIpc) is 3.00. The highest BCUT2D eigenvalue weighted by atomic mass is 19.4. The molecule has 2 aromatic rings. The van der Waals surface area contributed by atoms with E-state index in [4.69, 9.17) is 9.47 Å². The second kappa shape index (κ2) is 8.21. The molecule has 0 aromatic heterocycles. The number of hydrogen-bond donors (Lipinski definition) is 1. The van der Waals surface area contributed by atoms with Crippen molar-refractivity contribution in [2.24, 2.45) is 0 Å². The van der Waals surface area contributed by atoms with Crippen molar-refractivity contribution < 1.29 is 36.6 Å². The number of alkyl halides is 3. The fraction of sp³-hybridized carbons (Fsp3) is 0.300. The van der Waals surface area contributed by atoms with E-state index >= 15 is 0 Å². The molecule has 0 radical (unpaired) electrons. The van der Waals surface area contributed by atoms with Crippen LogP contribution in [0.2, 0.25) is 0 Å². The van der Waals surface area contributed by atoms with Crippen LogP contribution in [0.4, 0.5) is 23.2 Å². The molecule has 10 heteroatoms. The third kappa shape index (κ3) is 4.47. The van der Waals surface area contributed by atoms with Gasteiger partial charge in [-0.1, -0.05) is 0 Å². The summed E-state index contributed by atoms with van der Waals surface area (Å²) in [4.78, 5) is 25.5. The van der Waals surface area contributed by atoms with E-state index in [9.17, 15) is 27.2 Å². The normalized spacial score (nSPS) is 16.5. The van der Waals surface area contributed by atoms with Gasteiger partial charge in [-0.25, -0.2) is 4.39 Å². The quantitative estimate of drug-likeness (QED) is 0.728. The number of nitrogens with one attached hydrogen (secondary N) is 1. The van der Waals surface area contributed by atoms with Gasteiger partial charge in [0.25, 0.3) is 0 Å². The number of likely N-dealkylation sites (tertiary alicyclic amines) is 1. The van der Waals surface area contributed by atoms with Crippen LogP contribution in [-0.2, 0) is 15.8 Å². The number of rotatable bonds is 5. The summed E-state index contributed by atoms with van der Waals surface area (Å²) in [6, 6.07) is 5.91. The van der Waals surface area contributed by atoms with Gasteiger partial charge >= 0.3 is 6.18 Å². The van der Waals surface area contributed by atoms with Crippen molar-refractivity contribution in [2.45, 2.75) is 25.1 Å². The molecule has 1 N–H and O–H groups in total. The highest BCUT2D eigenvalue weighted by molar-refractivity contribution is 5.99. The van der Waals surface area contributed by atoms with Crippen LogP contribution in [0.15, 0.2) is 36.4 Å². The molecule has 3 rings (SSSR count). The van der Waals surface area contributed by atoms with Crippen LogP contribution in [0.3, 0.4) is 0 Å². The Hall–Kier alpha value is -3.30. The second-order valence-electron chi connectivity index (χ2n) is 6.65. The number of carbonyl (C=O) groups excluding carboxylic acids is 2. The first-order valence-electron chi connectivity index (χ1n) is 8.89. The van der Waals surface area contributed by atoms with Gasteiger partial charge in [0.1, 0.15) is 29.1 Å². The van der Waals surface area contributed by atoms with E-state index in [0.717, 1.165) is 6.07 Å². The van der Waals surface area contributed by atoms with Gasteiger partial charge in [-0.2, -0.15) is 13.2 Å². The van der Waals surface area contributed by atoms with E-state index < -0.39 is 29.5 Å². The van der Waals surface area contributed by atoms with Crippen molar-refractivity contribution in [3.63, 3.8) is 0 Å². The van der Waals surface area contributed by atoms with E-state index in [2.05, 4.69) is 5.32 Å². The number of ether oxygens (including phenoxy) is 2. The first kappa shape index (κ1) is 21.4. The zero-order valence-electron chi connectivity index (χ0n) is 16.0. The van der Waals surface area contributed by atoms with Crippen molar-refractivity contribution >= 4 is 17.5 Å². The van der Waals surface area contributed by atoms with Gasteiger partial charge in [-0.3, -0.25) is 9.59 Å². The topological polar surface area (TPSA) is 67.9 Å². The summed E-state index contributed by atoms with van der Waals surface area (Å²) >= 11 is 0. The van der Waals surface area contributed by atoms with Crippen LogP contribution in [0.5, 0.6) is 17.2 Å². The van der Waals surface area contributed by atoms with Gasteiger partial charge in [0.05, 0.1) is 18.4 Å². The minimum atomic E-state index is -4.81. The van der Waals surface area contributed by atoms with Crippen molar-refractivity contribution in [2.75, 3.05) is 19.5 Å². The lowest BCUT2D eigenvalue weighted by Gasteiger charge is -2.20. The summed E-state index contributed by atoms with van der Waals surface area (Å²) in [5.74, 6) is -1.72. The van der Waals surface area contributed by atoms with E-state index in [1.54, 1.807) is 0 Å². The monoisotopic (exact) mass is 426 g/mol. The number of likely N-dealkylation sites (N-methyl/N-ethyl adjacent to an activating group) is 1. The van der Waals surface area contributed by atoms with E-state index in [1.165, 1.54) is 37.3 Å². The predicted octanol–water partition coefficient (Wildman–Crippen LogP) is 4.20. The molecule has 1 fully saturated rings. The molecule has 0 aliphatic carbocycles. The maximum Gasteiger partial charge on any atom is 0.419 e. The highest BCUT2D eigenvalue weighted by Crippen LogP contribution is 2.35. The Kier molecular flexibility index (Phi) is 5.86. The van der Waals surface area contributed by atoms with Crippen LogP contribution in [0.1, 0.15) is 18.4 Å². The molecule has 0 saturated carbocycles. The molecule has 1 aliphatic heterocycles. The largest absolute Gasteiger partial charge is 0.495 e. The first-order chi connectivity index (χ1) is 14.1. The maximum atomic E-state index is 13.8. The Morgan fingerprint density at radius 3 is 2.40 bits per heavy atom. The smallest absolute Gasteiger partial charge is 0.419 e. The van der Waals surface area contributed by atoms with Crippen LogP contribution in [0, 0.1) is 5.82 Å². The standard InChI is InChI=1S/C20H18F4N2O4/c1-26-16(6-8-18(26)27)19(28)25-15-10-12(4-7-17(15)29-2)30-11-3-5-13(14(21)9-11)20(22,23)24/h3-5,7,9-10,16H,6,8H2,1-2H3,(H,25,28). The molecule has 30 heavy (non-hydrogen) atoms. The lowest BCUT2D eigenvalue weighted by atomic mass is 10.2. The molecule has 1 heterocycles. The van der Waals surface area contributed by atoms with E-state index in [-0.39, 0.29) is 29.5 Å². The number of amides is 2. The highest BCUT2D eigenvalue weighted by Gasteiger charge is 2.34. The molecule has 0 bridgehead atoms. The number of carbonyl (C=O) groups is 2. The molecule has 160 valence electrons. The van der Waals surface area contributed by atoms with Gasteiger partial charge in [0.15, 0.2) is 0 Å². The Balaban J connectivity index is 1.80. The number of nitrogens with zero attached hydrogens (tertiary/aromatic N) is 1. The Labute approximate surface area is 169 Å². The minimum absolute atomic E-state index is 0.136. The molecule has 1 saturated heterocycles. The number of halogens is 4. The SMILES string of the molecule is COc1ccc(Oc2ccc(C(F)(F)F)c(F)c2)cc1NC(=O)C1CCC(=O)N1C. The number of anilines is 1. The van der Waals surface area contributed by atoms with Crippen molar-refractivity contribution in [3.05, 3.63) is 47.8 Å². The van der Waals surface area contributed by atoms with Gasteiger partial charge in [0.2, 0.25) is 11.8 Å². The van der Waals surface area contributed by atoms with Crippen molar-refractivity contribution in [1.82, 2.24) is 4.90 Å². The zero-order valence-corrected chi connectivity index (χ0v) is 16.0. The fourth-order valence-electron chi connectivity index (χ4n) is 3.10. The number of benzene rings is 2. The first-order valence-corrected chi connectivity index (χ1v) is 8.89. The summed E-state index contributed by atoms with van der Waals surface area (Å²) in [6.07, 6.45) is -4.16. The van der Waals surface area contributed by atoms with Gasteiger partial charge in [0, 0.05) is 25.6 Å². The molecule has 2 amide bonds. The van der Waals surface area contributed by atoms with Crippen LogP contribution < -0.4 is 14.8 Å². The summed E-state index contributed by atoms with van der Waals surface area (Å²) in [5, 5.41) is 2.66. The predicted molar refractivity (Wildman–Crippen MR) is 98.9 cm³/mol. The summed E-state index contributed by atoms with van der Waals surface area (Å²) in [6.45, 7) is 0. The third-order valence-electron chi connectivity index (χ3n) is 4.71. The minimum Gasteiger partial charge on any atom is -0.495 e. The van der Waals surface area contributed by atoms with Crippen LogP contribution >= 0.6 is 0 Å². The molecular formula is C20H18F4N2O4. The third-order valence-corrected chi connectivity index (χ3v) is 4.71. The van der Waals surface area contributed by atoms with Crippen molar-refractivity contribution in [1.29, 1.82) is 0 Å². The van der Waals surface area contributed by atoms with Gasteiger partial charge < -0.3 is 19.7 Å². The Morgan fingerprint density at radius 1 is 1.17 bits per heavy atom. The molecular weight excluding hydrogens is 408 g/mol. The van der Waals surface area contributed by atoms with Gasteiger partial charge in [-0.15, -0.1) is 0 Å². The Bertz CT molecular complexity index is 978. The summed E-state index contributed by atoms with van der Waals surface area (Å²) < 4.78 is 62.4. The lowest BCUT2D eigenvalue weighted by Crippen LogP contribution is -2.38. The molecule has 1 atom stereocenters. The second-order valence-corrected chi connectivity index (χ2v) is 6.65. The molecule has 2 aromatic carbocycles.